The molecule has 0 heterocycles. The molecule has 0 aromatic rings. The van der Waals surface area contributed by atoms with Crippen LogP contribution in [0, 0.1) is 17.8 Å². The fourth-order valence-corrected chi connectivity index (χ4v) is 2.21. The first-order chi connectivity index (χ1) is 6.68. The van der Waals surface area contributed by atoms with Crippen LogP contribution < -0.4 is 5.32 Å². The van der Waals surface area contributed by atoms with Gasteiger partial charge in [-0.15, -0.1) is 0 Å². The van der Waals surface area contributed by atoms with E-state index in [0.29, 0.717) is 0 Å². The van der Waals surface area contributed by atoms with E-state index in [9.17, 15) is 4.79 Å². The minimum Gasteiger partial charge on any atom is -0.481 e. The Bertz CT molecular complexity index is 225. The Hall–Kier alpha value is -0.570. The third kappa shape index (κ3) is 2.08. The van der Waals surface area contributed by atoms with Crippen molar-refractivity contribution in [1.29, 1.82) is 0 Å². The summed E-state index contributed by atoms with van der Waals surface area (Å²) in [6.45, 7) is 3.26. The molecule has 0 aromatic carbocycles. The quantitative estimate of drug-likeness (QED) is 0.702. The van der Waals surface area contributed by atoms with E-state index in [1.54, 1.807) is 0 Å². The Morgan fingerprint density at radius 3 is 2.57 bits per heavy atom. The van der Waals surface area contributed by atoms with Crippen LogP contribution in [0.25, 0.3) is 0 Å². The summed E-state index contributed by atoms with van der Waals surface area (Å²) in [5.74, 6) is 0.880. The molecule has 0 aliphatic heterocycles. The molecule has 0 amide bonds. The van der Waals surface area contributed by atoms with E-state index in [-0.39, 0.29) is 12.0 Å². The van der Waals surface area contributed by atoms with Crippen LogP contribution in [0.5, 0.6) is 0 Å². The van der Waals surface area contributed by atoms with Gasteiger partial charge in [-0.3, -0.25) is 4.79 Å². The van der Waals surface area contributed by atoms with Gasteiger partial charge in [0, 0.05) is 6.04 Å². The van der Waals surface area contributed by atoms with Gasteiger partial charge in [-0.1, -0.05) is 6.92 Å². The largest absolute Gasteiger partial charge is 0.481 e. The molecular weight excluding hydrogens is 178 g/mol. The predicted molar refractivity (Wildman–Crippen MR) is 54.0 cm³/mol. The first-order valence-electron chi connectivity index (χ1n) is 5.64. The third-order valence-corrected chi connectivity index (χ3v) is 3.72. The monoisotopic (exact) mass is 197 g/mol. The lowest BCUT2D eigenvalue weighted by Gasteiger charge is -2.35. The van der Waals surface area contributed by atoms with Crippen molar-refractivity contribution in [3.8, 4) is 0 Å². The van der Waals surface area contributed by atoms with Crippen LogP contribution in [0.15, 0.2) is 0 Å². The summed E-state index contributed by atoms with van der Waals surface area (Å²) in [6.07, 6.45) is 4.63. The van der Waals surface area contributed by atoms with E-state index in [1.165, 1.54) is 12.8 Å². The number of hydrogen-bond donors (Lipinski definition) is 2. The van der Waals surface area contributed by atoms with Crippen LogP contribution in [0.3, 0.4) is 0 Å². The van der Waals surface area contributed by atoms with Crippen molar-refractivity contribution in [2.45, 2.75) is 38.6 Å². The first-order valence-corrected chi connectivity index (χ1v) is 5.64. The van der Waals surface area contributed by atoms with Crippen LogP contribution in [-0.2, 0) is 4.79 Å². The Morgan fingerprint density at radius 1 is 1.43 bits per heavy atom. The normalized spacial score (nSPS) is 33.5. The van der Waals surface area contributed by atoms with Gasteiger partial charge in [-0.25, -0.2) is 0 Å². The molecule has 3 heteroatoms. The molecule has 0 saturated heterocycles. The van der Waals surface area contributed by atoms with Gasteiger partial charge in [0.15, 0.2) is 0 Å². The summed E-state index contributed by atoms with van der Waals surface area (Å²) in [5, 5.41) is 12.2. The summed E-state index contributed by atoms with van der Waals surface area (Å²) in [4.78, 5) is 10.7. The maximum atomic E-state index is 10.7. The number of carbonyl (C=O) groups is 1. The van der Waals surface area contributed by atoms with Gasteiger partial charge in [-0.2, -0.15) is 0 Å². The Labute approximate surface area is 84.9 Å². The van der Waals surface area contributed by atoms with Crippen LogP contribution >= 0.6 is 0 Å². The van der Waals surface area contributed by atoms with E-state index in [1.807, 2.05) is 0 Å². The molecule has 2 saturated carbocycles. The summed E-state index contributed by atoms with van der Waals surface area (Å²) in [7, 11) is 0. The predicted octanol–water partition coefficient (Wildman–Crippen LogP) is 1.49. The molecule has 3 unspecified atom stereocenters. The molecule has 14 heavy (non-hydrogen) atoms. The van der Waals surface area contributed by atoms with Crippen molar-refractivity contribution in [2.24, 2.45) is 17.8 Å². The van der Waals surface area contributed by atoms with Gasteiger partial charge in [-0.05, 0) is 44.1 Å². The van der Waals surface area contributed by atoms with Crippen LogP contribution in [0.2, 0.25) is 0 Å². The zero-order chi connectivity index (χ0) is 10.1. The fraction of sp³-hybridized carbons (Fsp3) is 0.909. The number of carboxylic acid groups (broad SMARTS) is 1. The van der Waals surface area contributed by atoms with Crippen molar-refractivity contribution < 1.29 is 9.90 Å². The maximum Gasteiger partial charge on any atom is 0.308 e. The number of carboxylic acids is 1. The second-order valence-corrected chi connectivity index (χ2v) is 4.85. The molecule has 2 fully saturated rings. The van der Waals surface area contributed by atoms with Crippen molar-refractivity contribution in [2.75, 3.05) is 6.54 Å². The van der Waals surface area contributed by atoms with Gasteiger partial charge >= 0.3 is 5.97 Å². The highest BCUT2D eigenvalue weighted by Gasteiger charge is 2.37. The number of nitrogens with one attached hydrogen (secondary N) is 1. The lowest BCUT2D eigenvalue weighted by molar-refractivity contribution is -0.146. The molecule has 0 radical (unpaired) electrons. The lowest BCUT2D eigenvalue weighted by Crippen LogP contribution is -2.48. The Balaban J connectivity index is 1.67. The standard InChI is InChI=1S/C11H19NO2/c1-7(8-2-3-8)6-12-10-5-4-9(10)11(13)14/h7-10,12H,2-6H2,1H3,(H,13,14). The summed E-state index contributed by atoms with van der Waals surface area (Å²) < 4.78 is 0. The zero-order valence-electron chi connectivity index (χ0n) is 8.70. The van der Waals surface area contributed by atoms with Gasteiger partial charge in [0.1, 0.15) is 0 Å². The van der Waals surface area contributed by atoms with E-state index in [0.717, 1.165) is 31.2 Å². The molecule has 2 N–H and O–H groups in total. The smallest absolute Gasteiger partial charge is 0.308 e. The van der Waals surface area contributed by atoms with Gasteiger partial charge in [0.2, 0.25) is 0 Å². The van der Waals surface area contributed by atoms with E-state index in [2.05, 4.69) is 12.2 Å². The summed E-state index contributed by atoms with van der Waals surface area (Å²) in [5.41, 5.74) is 0. The second kappa shape index (κ2) is 3.89. The molecule has 2 rings (SSSR count). The third-order valence-electron chi connectivity index (χ3n) is 3.72. The Morgan fingerprint density at radius 2 is 2.14 bits per heavy atom. The molecule has 0 aromatic heterocycles. The second-order valence-electron chi connectivity index (χ2n) is 4.85. The Kier molecular flexibility index (Phi) is 2.77. The van der Waals surface area contributed by atoms with E-state index < -0.39 is 5.97 Å². The lowest BCUT2D eigenvalue weighted by atomic mass is 9.79. The first kappa shape index (κ1) is 9.97. The van der Waals surface area contributed by atoms with Crippen molar-refractivity contribution in [3.63, 3.8) is 0 Å². The maximum absolute atomic E-state index is 10.7. The van der Waals surface area contributed by atoms with Crippen LogP contribution in [0.4, 0.5) is 0 Å². The highest BCUT2D eigenvalue weighted by Crippen LogP contribution is 2.36. The highest BCUT2D eigenvalue weighted by molar-refractivity contribution is 5.72. The van der Waals surface area contributed by atoms with E-state index >= 15 is 0 Å². The zero-order valence-corrected chi connectivity index (χ0v) is 8.70. The van der Waals surface area contributed by atoms with E-state index in [4.69, 9.17) is 5.11 Å². The van der Waals surface area contributed by atoms with Gasteiger partial charge in [0.25, 0.3) is 0 Å². The van der Waals surface area contributed by atoms with Crippen molar-refractivity contribution >= 4 is 5.97 Å². The molecule has 3 nitrogen and oxygen atoms in total. The molecule has 80 valence electrons. The minimum absolute atomic E-state index is 0.124. The molecule has 2 aliphatic rings. The van der Waals surface area contributed by atoms with Gasteiger partial charge in [0.05, 0.1) is 5.92 Å². The number of hydrogen-bond acceptors (Lipinski definition) is 2. The van der Waals surface area contributed by atoms with Crippen molar-refractivity contribution in [3.05, 3.63) is 0 Å². The number of rotatable bonds is 5. The van der Waals surface area contributed by atoms with Crippen LogP contribution in [-0.4, -0.2) is 23.7 Å². The average Bonchev–Trinajstić information content (AvgIpc) is 2.82. The summed E-state index contributed by atoms with van der Waals surface area (Å²) in [6, 6.07) is 0.244. The van der Waals surface area contributed by atoms with Crippen molar-refractivity contribution in [1.82, 2.24) is 5.32 Å². The molecular formula is C11H19NO2. The van der Waals surface area contributed by atoms with Crippen LogP contribution in [0.1, 0.15) is 32.6 Å². The molecule has 0 bridgehead atoms. The molecule has 2 aliphatic carbocycles. The summed E-state index contributed by atoms with van der Waals surface area (Å²) >= 11 is 0. The SMILES string of the molecule is CC(CNC1CCC1C(=O)O)C1CC1. The van der Waals surface area contributed by atoms with Gasteiger partial charge < -0.3 is 10.4 Å². The minimum atomic E-state index is -0.632. The highest BCUT2D eigenvalue weighted by atomic mass is 16.4. The average molecular weight is 197 g/mol. The molecule has 0 spiro atoms. The molecule has 3 atom stereocenters. The fourth-order valence-electron chi connectivity index (χ4n) is 2.21. The topological polar surface area (TPSA) is 49.3 Å². The number of aliphatic carboxylic acids is 1.